The number of anilines is 4. The monoisotopic (exact) mass is 465 g/mol. The lowest BCUT2D eigenvalue weighted by atomic mass is 10.2. The molecule has 1 saturated heterocycles. The van der Waals surface area contributed by atoms with Crippen molar-refractivity contribution in [3.8, 4) is 0 Å². The fourth-order valence-corrected chi connectivity index (χ4v) is 4.39. The number of aromatic amines is 1. The van der Waals surface area contributed by atoms with E-state index in [1.54, 1.807) is 0 Å². The molecule has 2 aromatic heterocycles. The Hall–Kier alpha value is -3.11. The van der Waals surface area contributed by atoms with Crippen molar-refractivity contribution in [2.45, 2.75) is 36.7 Å². The van der Waals surface area contributed by atoms with Gasteiger partial charge in [-0.3, -0.25) is 9.89 Å². The van der Waals surface area contributed by atoms with E-state index in [1.165, 1.54) is 11.8 Å². The van der Waals surface area contributed by atoms with Crippen molar-refractivity contribution < 1.29 is 9.53 Å². The molecule has 5 rings (SSSR count). The maximum absolute atomic E-state index is 12.0. The van der Waals surface area contributed by atoms with E-state index in [9.17, 15) is 4.79 Å². The molecule has 9 nitrogen and oxygen atoms in total. The summed E-state index contributed by atoms with van der Waals surface area (Å²) in [4.78, 5) is 24.9. The summed E-state index contributed by atoms with van der Waals surface area (Å²) < 4.78 is 5.52. The zero-order chi connectivity index (χ0) is 22.8. The number of aryl methyl sites for hydroxylation is 1. The Kier molecular flexibility index (Phi) is 6.19. The van der Waals surface area contributed by atoms with Crippen LogP contribution in [-0.4, -0.2) is 52.4 Å². The van der Waals surface area contributed by atoms with Gasteiger partial charge in [-0.1, -0.05) is 0 Å². The minimum absolute atomic E-state index is 0.108. The van der Waals surface area contributed by atoms with Crippen LogP contribution in [0.5, 0.6) is 0 Å². The SMILES string of the molecule is Cc1cc(Nc2nc(Sc3ccc(NC(=O)C4CC4)cc3)nc(N3CCOCC3)c2C)n[nH]1. The van der Waals surface area contributed by atoms with Gasteiger partial charge in [0.25, 0.3) is 0 Å². The molecule has 3 heterocycles. The van der Waals surface area contributed by atoms with Crippen LogP contribution in [-0.2, 0) is 9.53 Å². The van der Waals surface area contributed by atoms with E-state index < -0.39 is 0 Å². The van der Waals surface area contributed by atoms with Gasteiger partial charge in [-0.05, 0) is 62.7 Å². The Balaban J connectivity index is 1.39. The first-order chi connectivity index (χ1) is 16.0. The lowest BCUT2D eigenvalue weighted by Crippen LogP contribution is -2.37. The highest BCUT2D eigenvalue weighted by molar-refractivity contribution is 7.99. The van der Waals surface area contributed by atoms with Crippen molar-refractivity contribution in [2.75, 3.05) is 41.8 Å². The summed E-state index contributed by atoms with van der Waals surface area (Å²) in [6, 6.07) is 9.75. The molecule has 3 N–H and O–H groups in total. The molecule has 1 saturated carbocycles. The van der Waals surface area contributed by atoms with E-state index in [0.717, 1.165) is 59.4 Å². The van der Waals surface area contributed by atoms with Gasteiger partial charge in [0.05, 0.1) is 13.2 Å². The van der Waals surface area contributed by atoms with Gasteiger partial charge in [-0.15, -0.1) is 0 Å². The number of hydrogen-bond donors (Lipinski definition) is 3. The molecule has 1 aliphatic heterocycles. The van der Waals surface area contributed by atoms with E-state index >= 15 is 0 Å². The largest absolute Gasteiger partial charge is 0.378 e. The summed E-state index contributed by atoms with van der Waals surface area (Å²) in [5.74, 6) is 2.64. The molecule has 0 unspecified atom stereocenters. The minimum Gasteiger partial charge on any atom is -0.378 e. The molecular formula is C23H27N7O2S. The zero-order valence-corrected chi connectivity index (χ0v) is 19.5. The Morgan fingerprint density at radius 2 is 1.91 bits per heavy atom. The average Bonchev–Trinajstić information content (AvgIpc) is 3.60. The van der Waals surface area contributed by atoms with Crippen molar-refractivity contribution in [2.24, 2.45) is 5.92 Å². The number of H-pyrrole nitrogens is 1. The van der Waals surface area contributed by atoms with Gasteiger partial charge >= 0.3 is 0 Å². The molecule has 1 aliphatic carbocycles. The third-order valence-electron chi connectivity index (χ3n) is 5.64. The third-order valence-corrected chi connectivity index (χ3v) is 6.51. The quantitative estimate of drug-likeness (QED) is 0.451. The topological polar surface area (TPSA) is 108 Å². The van der Waals surface area contributed by atoms with Crippen LogP contribution in [0, 0.1) is 19.8 Å². The van der Waals surface area contributed by atoms with E-state index in [1.807, 2.05) is 44.2 Å². The molecule has 0 atom stereocenters. The summed E-state index contributed by atoms with van der Waals surface area (Å²) in [5.41, 5.74) is 2.76. The van der Waals surface area contributed by atoms with Gasteiger partial charge in [0.15, 0.2) is 11.0 Å². The maximum atomic E-state index is 12.0. The standard InChI is InChI=1S/C23H27N7O2S/c1-14-13-19(29-28-14)25-20-15(2)21(30-9-11-32-12-10-30)27-23(26-20)33-18-7-5-17(6-8-18)24-22(31)16-3-4-16/h5-8,13,16H,3-4,9-12H2,1-2H3,(H,24,31)(H2,25,26,27,28,29). The molecule has 172 valence electrons. The predicted molar refractivity (Wildman–Crippen MR) is 128 cm³/mol. The number of hydrogen-bond acceptors (Lipinski definition) is 8. The maximum Gasteiger partial charge on any atom is 0.227 e. The van der Waals surface area contributed by atoms with Gasteiger partial charge in [-0.2, -0.15) is 5.10 Å². The van der Waals surface area contributed by atoms with Crippen molar-refractivity contribution >= 4 is 40.8 Å². The van der Waals surface area contributed by atoms with Crippen LogP contribution >= 0.6 is 11.8 Å². The van der Waals surface area contributed by atoms with Crippen LogP contribution in [0.25, 0.3) is 0 Å². The van der Waals surface area contributed by atoms with Crippen LogP contribution in [0.4, 0.5) is 23.1 Å². The van der Waals surface area contributed by atoms with Gasteiger partial charge < -0.3 is 20.3 Å². The molecular weight excluding hydrogens is 438 g/mol. The van der Waals surface area contributed by atoms with E-state index in [-0.39, 0.29) is 11.8 Å². The highest BCUT2D eigenvalue weighted by atomic mass is 32.2. The fourth-order valence-electron chi connectivity index (χ4n) is 3.64. The highest BCUT2D eigenvalue weighted by Gasteiger charge is 2.29. The molecule has 2 aliphatic rings. The van der Waals surface area contributed by atoms with Crippen LogP contribution in [0.1, 0.15) is 24.1 Å². The average molecular weight is 466 g/mol. The second kappa shape index (κ2) is 9.40. The normalized spacial score (nSPS) is 16.0. The van der Waals surface area contributed by atoms with Gasteiger partial charge in [0.1, 0.15) is 11.6 Å². The van der Waals surface area contributed by atoms with Crippen molar-refractivity contribution in [3.63, 3.8) is 0 Å². The number of carbonyl (C=O) groups excluding carboxylic acids is 1. The number of nitrogens with zero attached hydrogens (tertiary/aromatic N) is 4. The smallest absolute Gasteiger partial charge is 0.227 e. The van der Waals surface area contributed by atoms with Gasteiger partial charge in [0.2, 0.25) is 5.91 Å². The molecule has 0 bridgehead atoms. The second-order valence-corrected chi connectivity index (χ2v) is 9.39. The molecule has 0 spiro atoms. The zero-order valence-electron chi connectivity index (χ0n) is 18.7. The minimum atomic E-state index is 0.108. The van der Waals surface area contributed by atoms with Crippen LogP contribution in [0.15, 0.2) is 40.4 Å². The van der Waals surface area contributed by atoms with Gasteiger partial charge in [-0.25, -0.2) is 9.97 Å². The van der Waals surface area contributed by atoms with Crippen molar-refractivity contribution in [3.05, 3.63) is 41.6 Å². The van der Waals surface area contributed by atoms with Crippen LogP contribution in [0.3, 0.4) is 0 Å². The lowest BCUT2D eigenvalue weighted by Gasteiger charge is -2.29. The summed E-state index contributed by atoms with van der Waals surface area (Å²) in [7, 11) is 0. The van der Waals surface area contributed by atoms with Crippen molar-refractivity contribution in [1.29, 1.82) is 0 Å². The number of aromatic nitrogens is 4. The molecule has 33 heavy (non-hydrogen) atoms. The summed E-state index contributed by atoms with van der Waals surface area (Å²) in [6.45, 7) is 6.93. The molecule has 1 aromatic carbocycles. The van der Waals surface area contributed by atoms with E-state index in [0.29, 0.717) is 24.2 Å². The third kappa shape index (κ3) is 5.28. The molecule has 3 aromatic rings. The number of ether oxygens (including phenoxy) is 1. The van der Waals surface area contributed by atoms with Gasteiger partial charge in [0, 0.05) is 46.9 Å². The fraction of sp³-hybridized carbons (Fsp3) is 0.391. The summed E-state index contributed by atoms with van der Waals surface area (Å²) in [5, 5.41) is 14.2. The number of amides is 1. The second-order valence-electron chi connectivity index (χ2n) is 8.35. The van der Waals surface area contributed by atoms with E-state index in [4.69, 9.17) is 14.7 Å². The molecule has 10 heteroatoms. The highest BCUT2D eigenvalue weighted by Crippen LogP contribution is 2.34. The van der Waals surface area contributed by atoms with Crippen LogP contribution in [0.2, 0.25) is 0 Å². The Labute approximate surface area is 196 Å². The molecule has 2 fully saturated rings. The first-order valence-corrected chi connectivity index (χ1v) is 12.0. The lowest BCUT2D eigenvalue weighted by molar-refractivity contribution is -0.117. The first kappa shape index (κ1) is 21.7. The number of rotatable bonds is 7. The Bertz CT molecular complexity index is 1140. The van der Waals surface area contributed by atoms with Crippen LogP contribution < -0.4 is 15.5 Å². The number of benzene rings is 1. The Morgan fingerprint density at radius 1 is 1.15 bits per heavy atom. The number of carbonyl (C=O) groups is 1. The first-order valence-electron chi connectivity index (χ1n) is 11.1. The summed E-state index contributed by atoms with van der Waals surface area (Å²) >= 11 is 1.49. The van der Waals surface area contributed by atoms with Crippen molar-refractivity contribution in [1.82, 2.24) is 20.2 Å². The number of nitrogens with one attached hydrogen (secondary N) is 3. The molecule has 0 radical (unpaired) electrons. The summed E-state index contributed by atoms with van der Waals surface area (Å²) in [6.07, 6.45) is 1.98. The molecule has 1 amide bonds. The Morgan fingerprint density at radius 3 is 2.58 bits per heavy atom. The predicted octanol–water partition coefficient (Wildman–Crippen LogP) is 3.90. The number of morpholine rings is 1. The van der Waals surface area contributed by atoms with E-state index in [2.05, 4.69) is 25.7 Å².